The maximum Gasteiger partial charge on any atom is 0.227 e. The average molecular weight is 291 g/mol. The molecule has 0 fully saturated rings. The Balaban J connectivity index is 1.77. The Bertz CT molecular complexity index is 678. The molecule has 0 aliphatic carbocycles. The number of fused-ring (bicyclic) bond motifs is 1. The highest BCUT2D eigenvalue weighted by Crippen LogP contribution is 2.33. The third-order valence-electron chi connectivity index (χ3n) is 3.92. The normalized spacial score (nSPS) is 26.8. The molecule has 3 rings (SSSR count). The van der Waals surface area contributed by atoms with Crippen molar-refractivity contribution in [1.82, 2.24) is 0 Å². The molecule has 1 aromatic carbocycles. The topological polar surface area (TPSA) is 54.5 Å². The number of hydrogen-bond acceptors (Lipinski definition) is 3. The molecule has 2 aliphatic heterocycles. The second-order valence-electron chi connectivity index (χ2n) is 5.57. The van der Waals surface area contributed by atoms with Crippen molar-refractivity contribution >= 4 is 21.4 Å². The van der Waals surface area contributed by atoms with Crippen LogP contribution in [0, 0.1) is 5.92 Å². The first-order valence-electron chi connectivity index (χ1n) is 6.77. The molecule has 0 spiro atoms. The van der Waals surface area contributed by atoms with Crippen molar-refractivity contribution in [3.05, 3.63) is 41.3 Å². The minimum atomic E-state index is -3.09. The predicted molar refractivity (Wildman–Crippen MR) is 78.1 cm³/mol. The largest absolute Gasteiger partial charge is 0.309 e. The monoisotopic (exact) mass is 291 g/mol. The van der Waals surface area contributed by atoms with Gasteiger partial charge in [-0.2, -0.15) is 0 Å². The molecule has 0 N–H and O–H groups in total. The number of benzene rings is 1. The fraction of sp³-hybridized carbons (Fsp3) is 0.400. The average Bonchev–Trinajstić information content (AvgIpc) is 2.88. The van der Waals surface area contributed by atoms with Crippen molar-refractivity contribution in [2.45, 2.75) is 25.8 Å². The Morgan fingerprint density at radius 3 is 2.80 bits per heavy atom. The molecule has 5 heteroatoms. The van der Waals surface area contributed by atoms with Crippen molar-refractivity contribution in [3.63, 3.8) is 0 Å². The summed E-state index contributed by atoms with van der Waals surface area (Å²) in [4.78, 5) is 14.3. The van der Waals surface area contributed by atoms with E-state index in [0.717, 1.165) is 12.1 Å². The highest BCUT2D eigenvalue weighted by Gasteiger charge is 2.33. The lowest BCUT2D eigenvalue weighted by atomic mass is 10.1. The summed E-state index contributed by atoms with van der Waals surface area (Å²) in [5, 5.41) is 1.23. The summed E-state index contributed by atoms with van der Waals surface area (Å²) in [7, 11) is -3.09. The fourth-order valence-corrected chi connectivity index (χ4v) is 4.43. The van der Waals surface area contributed by atoms with Crippen LogP contribution in [0.2, 0.25) is 0 Å². The van der Waals surface area contributed by atoms with Gasteiger partial charge in [-0.3, -0.25) is 4.79 Å². The van der Waals surface area contributed by atoms with Crippen LogP contribution in [0.5, 0.6) is 0 Å². The Hall–Kier alpha value is -1.62. The van der Waals surface area contributed by atoms with Gasteiger partial charge in [-0.1, -0.05) is 24.3 Å². The van der Waals surface area contributed by atoms with Crippen LogP contribution in [-0.2, 0) is 21.1 Å². The lowest BCUT2D eigenvalue weighted by Crippen LogP contribution is -2.36. The quantitative estimate of drug-likeness (QED) is 0.836. The minimum absolute atomic E-state index is 0.00852. The number of sulfone groups is 1. The number of allylic oxidation sites excluding steroid dienone is 1. The number of anilines is 1. The van der Waals surface area contributed by atoms with Gasteiger partial charge in [-0.15, -0.1) is 0 Å². The molecule has 2 aliphatic rings. The smallest absolute Gasteiger partial charge is 0.227 e. The van der Waals surface area contributed by atoms with Crippen LogP contribution in [0.15, 0.2) is 35.7 Å². The van der Waals surface area contributed by atoms with E-state index < -0.39 is 9.84 Å². The molecule has 0 saturated heterocycles. The molecule has 20 heavy (non-hydrogen) atoms. The van der Waals surface area contributed by atoms with Crippen molar-refractivity contribution in [3.8, 4) is 0 Å². The van der Waals surface area contributed by atoms with Gasteiger partial charge in [-0.05, 0) is 25.0 Å². The van der Waals surface area contributed by atoms with Crippen LogP contribution in [0.3, 0.4) is 0 Å². The van der Waals surface area contributed by atoms with Gasteiger partial charge in [0.2, 0.25) is 5.91 Å². The van der Waals surface area contributed by atoms with Crippen LogP contribution >= 0.6 is 0 Å². The lowest BCUT2D eigenvalue weighted by molar-refractivity contribution is -0.119. The maximum absolute atomic E-state index is 12.5. The van der Waals surface area contributed by atoms with Crippen molar-refractivity contribution in [1.29, 1.82) is 0 Å². The molecule has 1 aromatic rings. The van der Waals surface area contributed by atoms with Gasteiger partial charge >= 0.3 is 0 Å². The van der Waals surface area contributed by atoms with Gasteiger partial charge in [0, 0.05) is 29.5 Å². The molecule has 106 valence electrons. The summed E-state index contributed by atoms with van der Waals surface area (Å²) in [6, 6.07) is 8.04. The number of amides is 1. The molecule has 0 unspecified atom stereocenters. The minimum Gasteiger partial charge on any atom is -0.309 e. The van der Waals surface area contributed by atoms with Crippen molar-refractivity contribution < 1.29 is 13.2 Å². The van der Waals surface area contributed by atoms with Crippen LogP contribution in [-0.4, -0.2) is 26.1 Å². The molecule has 2 heterocycles. The number of hydrogen-bond donors (Lipinski definition) is 0. The third-order valence-corrected chi connectivity index (χ3v) is 5.38. The fourth-order valence-electron chi connectivity index (χ4n) is 3.04. The molecule has 0 bridgehead atoms. The Kier molecular flexibility index (Phi) is 3.17. The Morgan fingerprint density at radius 2 is 2.10 bits per heavy atom. The standard InChI is InChI=1S/C15H17NO3S/c1-11-8-13-4-2-3-5-14(13)16(11)15(17)9-12-6-7-20(18,19)10-12/h2-7,11-12H,8-10H2,1H3/t11-,12+/m1/s1. The lowest BCUT2D eigenvalue weighted by Gasteiger charge is -2.23. The van der Waals surface area contributed by atoms with Gasteiger partial charge in [-0.25, -0.2) is 8.42 Å². The van der Waals surface area contributed by atoms with Crippen molar-refractivity contribution in [2.24, 2.45) is 5.92 Å². The first-order valence-corrected chi connectivity index (χ1v) is 8.49. The van der Waals surface area contributed by atoms with Gasteiger partial charge in [0.05, 0.1) is 5.75 Å². The van der Waals surface area contributed by atoms with Crippen LogP contribution < -0.4 is 4.90 Å². The van der Waals surface area contributed by atoms with Crippen LogP contribution in [0.1, 0.15) is 18.9 Å². The molecule has 2 atom stereocenters. The predicted octanol–water partition coefficient (Wildman–Crippen LogP) is 1.91. The number of carbonyl (C=O) groups is 1. The second kappa shape index (κ2) is 4.74. The van der Waals surface area contributed by atoms with E-state index in [-0.39, 0.29) is 30.0 Å². The van der Waals surface area contributed by atoms with E-state index in [9.17, 15) is 13.2 Å². The Labute approximate surface area is 119 Å². The first kappa shape index (κ1) is 13.4. The van der Waals surface area contributed by atoms with Crippen LogP contribution in [0.4, 0.5) is 5.69 Å². The second-order valence-corrected chi connectivity index (χ2v) is 7.50. The van der Waals surface area contributed by atoms with E-state index in [1.165, 1.54) is 11.0 Å². The van der Waals surface area contributed by atoms with E-state index in [2.05, 4.69) is 0 Å². The number of carbonyl (C=O) groups excluding carboxylic acids is 1. The molecule has 4 nitrogen and oxygen atoms in total. The zero-order valence-corrected chi connectivity index (χ0v) is 12.1. The zero-order chi connectivity index (χ0) is 14.3. The number of rotatable bonds is 2. The van der Waals surface area contributed by atoms with Crippen molar-refractivity contribution in [2.75, 3.05) is 10.7 Å². The van der Waals surface area contributed by atoms with E-state index in [1.54, 1.807) is 6.08 Å². The van der Waals surface area contributed by atoms with Gasteiger partial charge in [0.1, 0.15) is 0 Å². The number of nitrogens with zero attached hydrogens (tertiary/aromatic N) is 1. The molecule has 0 radical (unpaired) electrons. The summed E-state index contributed by atoms with van der Waals surface area (Å²) in [5.41, 5.74) is 2.15. The van der Waals surface area contributed by atoms with E-state index in [1.807, 2.05) is 36.1 Å². The summed E-state index contributed by atoms with van der Waals surface area (Å²) < 4.78 is 22.8. The first-order chi connectivity index (χ1) is 9.46. The van der Waals surface area contributed by atoms with E-state index in [4.69, 9.17) is 0 Å². The molecule has 1 amide bonds. The SMILES string of the molecule is C[C@@H]1Cc2ccccc2N1C(=O)C[C@@H]1C=CS(=O)(=O)C1. The highest BCUT2D eigenvalue weighted by molar-refractivity contribution is 7.94. The number of para-hydroxylation sites is 1. The molecule has 0 aromatic heterocycles. The summed E-state index contributed by atoms with van der Waals surface area (Å²) in [5.74, 6) is -0.121. The summed E-state index contributed by atoms with van der Waals surface area (Å²) in [6.45, 7) is 2.03. The maximum atomic E-state index is 12.5. The van der Waals surface area contributed by atoms with Gasteiger partial charge in [0.15, 0.2) is 9.84 Å². The highest BCUT2D eigenvalue weighted by atomic mass is 32.2. The zero-order valence-electron chi connectivity index (χ0n) is 11.3. The molecular weight excluding hydrogens is 274 g/mol. The Morgan fingerprint density at radius 1 is 1.35 bits per heavy atom. The van der Waals surface area contributed by atoms with Gasteiger partial charge < -0.3 is 4.90 Å². The third kappa shape index (κ3) is 2.38. The van der Waals surface area contributed by atoms with Crippen LogP contribution in [0.25, 0.3) is 0 Å². The molecular formula is C15H17NO3S. The summed E-state index contributed by atoms with van der Waals surface area (Å²) >= 11 is 0. The van der Waals surface area contributed by atoms with E-state index >= 15 is 0 Å². The summed E-state index contributed by atoms with van der Waals surface area (Å²) in [6.07, 6.45) is 2.76. The van der Waals surface area contributed by atoms with Gasteiger partial charge in [0.25, 0.3) is 0 Å². The van der Waals surface area contributed by atoms with E-state index in [0.29, 0.717) is 0 Å². The molecule has 0 saturated carbocycles.